The number of aliphatic hydroxyl groups is 1. The van der Waals surface area contributed by atoms with Crippen LogP contribution >= 0.6 is 0 Å². The Balaban J connectivity index is 2.26. The van der Waals surface area contributed by atoms with E-state index in [0.29, 0.717) is 23.2 Å². The zero-order valence-corrected chi connectivity index (χ0v) is 14.4. The Kier molecular flexibility index (Phi) is 4.49. The molecule has 0 aromatic carbocycles. The number of hydrogen-bond acceptors (Lipinski definition) is 5. The largest absolute Gasteiger partial charge is 0.392 e. The van der Waals surface area contributed by atoms with Gasteiger partial charge >= 0.3 is 5.69 Å². The molecule has 2 aromatic rings. The average molecular weight is 335 g/mol. The van der Waals surface area contributed by atoms with Crippen molar-refractivity contribution in [2.24, 2.45) is 7.05 Å². The van der Waals surface area contributed by atoms with Crippen LogP contribution in [0.5, 0.6) is 0 Å². The lowest BCUT2D eigenvalue weighted by molar-refractivity contribution is 0.175. The molecule has 2 N–H and O–H groups in total. The molecule has 3 heterocycles. The van der Waals surface area contributed by atoms with Crippen LogP contribution < -0.4 is 16.1 Å². The summed E-state index contributed by atoms with van der Waals surface area (Å²) in [5.74, 6) is 0.671. The number of piperidine rings is 1. The maximum absolute atomic E-state index is 12.4. The summed E-state index contributed by atoms with van der Waals surface area (Å²) >= 11 is 0. The molecule has 2 aromatic heterocycles. The van der Waals surface area contributed by atoms with Gasteiger partial charge in [-0.25, -0.2) is 4.79 Å². The molecule has 0 amide bonds. The number of imidazole rings is 1. The predicted octanol–water partition coefficient (Wildman–Crippen LogP) is 0.573. The summed E-state index contributed by atoms with van der Waals surface area (Å²) in [5, 5.41) is 9.90. The van der Waals surface area contributed by atoms with Gasteiger partial charge in [0.15, 0.2) is 11.2 Å². The molecule has 24 heavy (non-hydrogen) atoms. The first-order valence-electron chi connectivity index (χ1n) is 8.58. The molecule has 0 spiro atoms. The highest BCUT2D eigenvalue weighted by Crippen LogP contribution is 2.28. The number of nitrogens with one attached hydrogen (secondary N) is 1. The third kappa shape index (κ3) is 2.75. The van der Waals surface area contributed by atoms with Gasteiger partial charge in [0.1, 0.15) is 0 Å². The fraction of sp³-hybridized carbons (Fsp3) is 0.688. The minimum Gasteiger partial charge on any atom is -0.392 e. The summed E-state index contributed by atoms with van der Waals surface area (Å²) in [5.41, 5.74) is -0.239. The van der Waals surface area contributed by atoms with Gasteiger partial charge in [0, 0.05) is 19.6 Å². The van der Waals surface area contributed by atoms with Crippen LogP contribution in [0.1, 0.15) is 39.5 Å². The number of hydrogen-bond donors (Lipinski definition) is 2. The van der Waals surface area contributed by atoms with E-state index in [1.807, 2.05) is 0 Å². The van der Waals surface area contributed by atoms with E-state index in [1.165, 1.54) is 11.0 Å². The first-order chi connectivity index (χ1) is 11.4. The van der Waals surface area contributed by atoms with Gasteiger partial charge in [-0.15, -0.1) is 0 Å². The molecule has 0 saturated carbocycles. The van der Waals surface area contributed by atoms with Crippen molar-refractivity contribution >= 4 is 17.1 Å². The van der Waals surface area contributed by atoms with Crippen molar-refractivity contribution in [3.05, 3.63) is 20.8 Å². The summed E-state index contributed by atoms with van der Waals surface area (Å²) in [6.07, 6.45) is 3.72. The molecule has 2 unspecified atom stereocenters. The SMILES string of the molecule is CCC1CCCCN1c1nc2c(c(=O)[nH]c(=O)n2C)n1CC(C)O. The lowest BCUT2D eigenvalue weighted by atomic mass is 10.0. The fourth-order valence-corrected chi connectivity index (χ4v) is 3.57. The Morgan fingerprint density at radius 2 is 2.12 bits per heavy atom. The van der Waals surface area contributed by atoms with E-state index >= 15 is 0 Å². The smallest absolute Gasteiger partial charge is 0.329 e. The van der Waals surface area contributed by atoms with E-state index in [-0.39, 0.29) is 6.54 Å². The highest BCUT2D eigenvalue weighted by molar-refractivity contribution is 5.74. The number of aliphatic hydroxyl groups excluding tert-OH is 1. The molecule has 2 atom stereocenters. The van der Waals surface area contributed by atoms with Gasteiger partial charge in [-0.05, 0) is 32.6 Å². The Hall–Kier alpha value is -2.09. The van der Waals surface area contributed by atoms with Crippen LogP contribution in [-0.4, -0.2) is 42.9 Å². The quantitative estimate of drug-likeness (QED) is 0.852. The third-order valence-electron chi connectivity index (χ3n) is 4.79. The van der Waals surface area contributed by atoms with Gasteiger partial charge in [0.25, 0.3) is 5.56 Å². The van der Waals surface area contributed by atoms with E-state index in [9.17, 15) is 14.7 Å². The van der Waals surface area contributed by atoms with Crippen molar-refractivity contribution in [3.8, 4) is 0 Å². The van der Waals surface area contributed by atoms with Gasteiger partial charge in [-0.3, -0.25) is 14.3 Å². The summed E-state index contributed by atoms with van der Waals surface area (Å²) in [6, 6.07) is 0.361. The van der Waals surface area contributed by atoms with Crippen molar-refractivity contribution in [2.75, 3.05) is 11.4 Å². The summed E-state index contributed by atoms with van der Waals surface area (Å²) < 4.78 is 3.11. The van der Waals surface area contributed by atoms with Crippen LogP contribution in [0.4, 0.5) is 5.95 Å². The van der Waals surface area contributed by atoms with Crippen molar-refractivity contribution in [3.63, 3.8) is 0 Å². The molecule has 132 valence electrons. The van der Waals surface area contributed by atoms with Gasteiger partial charge in [-0.1, -0.05) is 6.92 Å². The predicted molar refractivity (Wildman–Crippen MR) is 92.6 cm³/mol. The average Bonchev–Trinajstić information content (AvgIpc) is 2.91. The van der Waals surface area contributed by atoms with Gasteiger partial charge in [0.2, 0.25) is 5.95 Å². The van der Waals surface area contributed by atoms with E-state index in [1.54, 1.807) is 18.5 Å². The molecule has 0 aliphatic carbocycles. The number of aryl methyl sites for hydroxylation is 1. The second-order valence-corrected chi connectivity index (χ2v) is 6.61. The van der Waals surface area contributed by atoms with E-state index in [4.69, 9.17) is 0 Å². The van der Waals surface area contributed by atoms with Crippen LogP contribution in [0, 0.1) is 0 Å². The summed E-state index contributed by atoms with van der Waals surface area (Å²) in [4.78, 5) is 33.4. The Labute approximate surface area is 139 Å². The zero-order chi connectivity index (χ0) is 17.4. The molecular weight excluding hydrogens is 310 g/mol. The molecule has 0 bridgehead atoms. The highest BCUT2D eigenvalue weighted by Gasteiger charge is 2.28. The first-order valence-corrected chi connectivity index (χ1v) is 8.58. The maximum atomic E-state index is 12.4. The zero-order valence-electron chi connectivity index (χ0n) is 14.4. The molecular formula is C16H25N5O3. The third-order valence-corrected chi connectivity index (χ3v) is 4.79. The monoisotopic (exact) mass is 335 g/mol. The van der Waals surface area contributed by atoms with Gasteiger partial charge in [0.05, 0.1) is 12.6 Å². The van der Waals surface area contributed by atoms with Crippen molar-refractivity contribution < 1.29 is 5.11 Å². The number of nitrogens with zero attached hydrogens (tertiary/aromatic N) is 4. The lowest BCUT2D eigenvalue weighted by Crippen LogP contribution is -2.41. The molecule has 3 rings (SSSR count). The maximum Gasteiger partial charge on any atom is 0.329 e. The number of anilines is 1. The minimum atomic E-state index is -0.623. The summed E-state index contributed by atoms with van der Waals surface area (Å²) in [7, 11) is 1.59. The Morgan fingerprint density at radius 3 is 2.79 bits per heavy atom. The molecule has 8 nitrogen and oxygen atoms in total. The molecule has 1 fully saturated rings. The number of aromatic nitrogens is 4. The standard InChI is InChI=1S/C16H25N5O3/c1-4-11-7-5-6-8-20(11)15-17-13-12(21(15)9-10(2)22)14(23)18-16(24)19(13)3/h10-11,22H,4-9H2,1-3H3,(H,18,23,24). The number of rotatable bonds is 4. The van der Waals surface area contributed by atoms with Crippen molar-refractivity contribution in [1.29, 1.82) is 0 Å². The van der Waals surface area contributed by atoms with Crippen LogP contribution in [0.15, 0.2) is 9.59 Å². The highest BCUT2D eigenvalue weighted by atomic mass is 16.3. The fourth-order valence-electron chi connectivity index (χ4n) is 3.57. The lowest BCUT2D eigenvalue weighted by Gasteiger charge is -2.36. The molecule has 1 aliphatic heterocycles. The summed E-state index contributed by atoms with van der Waals surface area (Å²) in [6.45, 7) is 4.96. The molecule has 8 heteroatoms. The molecule has 1 saturated heterocycles. The van der Waals surface area contributed by atoms with Gasteiger partial charge < -0.3 is 14.6 Å². The van der Waals surface area contributed by atoms with Crippen LogP contribution in [0.2, 0.25) is 0 Å². The van der Waals surface area contributed by atoms with Crippen LogP contribution in [0.3, 0.4) is 0 Å². The minimum absolute atomic E-state index is 0.264. The number of H-pyrrole nitrogens is 1. The van der Waals surface area contributed by atoms with Crippen molar-refractivity contribution in [2.45, 2.75) is 58.2 Å². The van der Waals surface area contributed by atoms with E-state index in [2.05, 4.69) is 21.8 Å². The Bertz CT molecular complexity index is 848. The number of aromatic amines is 1. The normalized spacial score (nSPS) is 19.8. The topological polar surface area (TPSA) is 96.2 Å². The Morgan fingerprint density at radius 1 is 1.38 bits per heavy atom. The van der Waals surface area contributed by atoms with Crippen LogP contribution in [-0.2, 0) is 13.6 Å². The number of fused-ring (bicyclic) bond motifs is 1. The first kappa shape index (κ1) is 16.8. The van der Waals surface area contributed by atoms with E-state index in [0.717, 1.165) is 25.8 Å². The molecule has 1 aliphatic rings. The van der Waals surface area contributed by atoms with Crippen molar-refractivity contribution in [1.82, 2.24) is 19.1 Å². The molecule has 0 radical (unpaired) electrons. The van der Waals surface area contributed by atoms with Gasteiger partial charge in [-0.2, -0.15) is 4.98 Å². The second-order valence-electron chi connectivity index (χ2n) is 6.61. The van der Waals surface area contributed by atoms with E-state index < -0.39 is 17.4 Å². The second kappa shape index (κ2) is 6.43. The van der Waals surface area contributed by atoms with Crippen LogP contribution in [0.25, 0.3) is 11.2 Å².